The Morgan fingerprint density at radius 2 is 1.73 bits per heavy atom. The molecule has 6 rings (SSSR count). The van der Waals surface area contributed by atoms with Crippen LogP contribution >= 0.6 is 0 Å². The molecule has 1 saturated heterocycles. The SMILES string of the molecule is C=CC(=O)CCNC(=O)OC1CCN(S(=O)(=O)c2ccccc2-c2c3ccc(=NCC)cc-3oc3cc(Nc4c(C)cccc4C)ccc23)CC1. The fourth-order valence-electron chi connectivity index (χ4n) is 6.49. The van der Waals surface area contributed by atoms with Gasteiger partial charge in [-0.2, -0.15) is 4.31 Å². The summed E-state index contributed by atoms with van der Waals surface area (Å²) in [6.07, 6.45) is 0.955. The molecule has 0 saturated carbocycles. The minimum absolute atomic E-state index is 0.134. The van der Waals surface area contributed by atoms with Gasteiger partial charge in [-0.05, 0) is 81.1 Å². The molecule has 0 radical (unpaired) electrons. The highest BCUT2D eigenvalue weighted by atomic mass is 32.2. The maximum Gasteiger partial charge on any atom is 0.407 e. The van der Waals surface area contributed by atoms with Crippen molar-refractivity contribution in [3.8, 4) is 22.5 Å². The molecule has 3 aromatic carbocycles. The second-order valence-corrected chi connectivity index (χ2v) is 14.5. The molecule has 1 amide bonds. The zero-order valence-electron chi connectivity index (χ0n) is 29.1. The lowest BCUT2D eigenvalue weighted by Gasteiger charge is -2.31. The number of aryl methyl sites for hydroxylation is 2. The standard InChI is InChI=1S/C40H42N4O6S/c1-5-30(45)18-21-42-40(46)49-31-19-22-44(23-20-31)51(47,48)37-13-8-7-12-34(37)38-32-16-14-28(41-6-2)24-35(32)50-36-25-29(15-17-33(36)38)43-39-26(3)10-9-11-27(39)4/h5,7-17,24-25,31,43H,1,6,18-23H2,2-4H3,(H,42,46). The molecule has 2 N–H and O–H groups in total. The molecule has 264 valence electrons. The molecule has 2 aliphatic heterocycles. The van der Waals surface area contributed by atoms with E-state index in [-0.39, 0.29) is 36.7 Å². The molecule has 3 aromatic rings. The number of carbonyl (C=O) groups is 2. The monoisotopic (exact) mass is 706 g/mol. The molecule has 0 spiro atoms. The number of nitrogens with zero attached hydrogens (tertiary/aromatic N) is 2. The van der Waals surface area contributed by atoms with Crippen molar-refractivity contribution in [3.05, 3.63) is 108 Å². The van der Waals surface area contributed by atoms with E-state index in [1.165, 1.54) is 10.4 Å². The second-order valence-electron chi connectivity index (χ2n) is 12.6. The van der Waals surface area contributed by atoms with Crippen LogP contribution in [0.4, 0.5) is 16.2 Å². The summed E-state index contributed by atoms with van der Waals surface area (Å²) >= 11 is 0. The summed E-state index contributed by atoms with van der Waals surface area (Å²) in [5.41, 5.74) is 6.77. The van der Waals surface area contributed by atoms with Crippen molar-refractivity contribution in [2.24, 2.45) is 4.99 Å². The number of anilines is 2. The lowest BCUT2D eigenvalue weighted by molar-refractivity contribution is -0.114. The van der Waals surface area contributed by atoms with E-state index in [4.69, 9.17) is 9.15 Å². The van der Waals surface area contributed by atoms with Gasteiger partial charge in [0.2, 0.25) is 10.0 Å². The molecule has 10 nitrogen and oxygen atoms in total. The van der Waals surface area contributed by atoms with Gasteiger partial charge < -0.3 is 19.8 Å². The van der Waals surface area contributed by atoms with Gasteiger partial charge in [-0.25, -0.2) is 13.2 Å². The van der Waals surface area contributed by atoms with E-state index >= 15 is 0 Å². The van der Waals surface area contributed by atoms with Crippen LogP contribution in [0.15, 0.2) is 106 Å². The topological polar surface area (TPSA) is 130 Å². The quantitative estimate of drug-likeness (QED) is 0.107. The molecule has 0 atom stereocenters. The van der Waals surface area contributed by atoms with Gasteiger partial charge in [0.15, 0.2) is 5.78 Å². The number of benzene rings is 4. The van der Waals surface area contributed by atoms with E-state index in [2.05, 4.69) is 48.2 Å². The first-order valence-corrected chi connectivity index (χ1v) is 18.6. The zero-order chi connectivity index (χ0) is 36.1. The minimum atomic E-state index is -3.96. The molecule has 1 aliphatic carbocycles. The average Bonchev–Trinajstić information content (AvgIpc) is 3.12. The smallest absolute Gasteiger partial charge is 0.407 e. The van der Waals surface area contributed by atoms with Crippen molar-refractivity contribution in [1.82, 2.24) is 9.62 Å². The molecule has 2 heterocycles. The summed E-state index contributed by atoms with van der Waals surface area (Å²) in [7, 11) is -3.96. The number of piperidine rings is 1. The minimum Gasteiger partial charge on any atom is -0.456 e. The molecular weight excluding hydrogens is 665 g/mol. The Morgan fingerprint density at radius 3 is 2.45 bits per heavy atom. The van der Waals surface area contributed by atoms with Crippen LogP contribution in [0.1, 0.15) is 37.3 Å². The molecule has 51 heavy (non-hydrogen) atoms. The number of ether oxygens (including phenoxy) is 1. The van der Waals surface area contributed by atoms with Crippen LogP contribution in [-0.4, -0.2) is 56.9 Å². The number of hydrogen-bond donors (Lipinski definition) is 2. The van der Waals surface area contributed by atoms with Gasteiger partial charge in [0, 0.05) is 78.2 Å². The first-order chi connectivity index (χ1) is 24.6. The molecule has 0 unspecified atom stereocenters. The maximum absolute atomic E-state index is 14.4. The number of sulfonamides is 1. The van der Waals surface area contributed by atoms with Crippen LogP contribution in [-0.2, 0) is 19.6 Å². The fraction of sp³-hybridized carbons (Fsp3) is 0.275. The van der Waals surface area contributed by atoms with Gasteiger partial charge in [0.25, 0.3) is 0 Å². The number of hydrogen-bond acceptors (Lipinski definition) is 8. The third kappa shape index (κ3) is 7.74. The molecule has 3 aliphatic rings. The van der Waals surface area contributed by atoms with Gasteiger partial charge in [-0.3, -0.25) is 9.79 Å². The highest BCUT2D eigenvalue weighted by Gasteiger charge is 2.33. The number of rotatable bonds is 11. The predicted octanol–water partition coefficient (Wildman–Crippen LogP) is 7.51. The first kappa shape index (κ1) is 35.6. The Balaban J connectivity index is 1.34. The van der Waals surface area contributed by atoms with Crippen molar-refractivity contribution >= 4 is 44.2 Å². The second kappa shape index (κ2) is 15.3. The Bertz CT molecular complexity index is 2230. The molecule has 0 aromatic heterocycles. The predicted molar refractivity (Wildman–Crippen MR) is 200 cm³/mol. The number of carbonyl (C=O) groups excluding carboxylic acids is 2. The first-order valence-electron chi connectivity index (χ1n) is 17.1. The summed E-state index contributed by atoms with van der Waals surface area (Å²) in [4.78, 5) is 28.5. The number of nitrogens with one attached hydrogen (secondary N) is 2. The van der Waals surface area contributed by atoms with Gasteiger partial charge in [0.05, 0.1) is 10.3 Å². The van der Waals surface area contributed by atoms with E-state index < -0.39 is 22.2 Å². The third-order valence-corrected chi connectivity index (χ3v) is 11.1. The summed E-state index contributed by atoms with van der Waals surface area (Å²) in [5, 5.41) is 7.66. The Kier molecular flexibility index (Phi) is 10.7. The van der Waals surface area contributed by atoms with Crippen LogP contribution in [0.5, 0.6) is 0 Å². The van der Waals surface area contributed by atoms with Gasteiger partial charge in [-0.15, -0.1) is 0 Å². The number of para-hydroxylation sites is 1. The summed E-state index contributed by atoms with van der Waals surface area (Å²) in [5.74, 6) is 0.417. The summed E-state index contributed by atoms with van der Waals surface area (Å²) in [6, 6.07) is 24.9. The zero-order valence-corrected chi connectivity index (χ0v) is 29.9. The molecule has 0 bridgehead atoms. The lowest BCUT2D eigenvalue weighted by atomic mass is 9.93. The van der Waals surface area contributed by atoms with Crippen LogP contribution in [0.3, 0.4) is 0 Å². The van der Waals surface area contributed by atoms with Crippen molar-refractivity contribution < 1.29 is 27.2 Å². The van der Waals surface area contributed by atoms with Gasteiger partial charge in [0.1, 0.15) is 17.4 Å². The van der Waals surface area contributed by atoms with E-state index in [1.807, 2.05) is 61.5 Å². The van der Waals surface area contributed by atoms with Crippen molar-refractivity contribution in [3.63, 3.8) is 0 Å². The highest BCUT2D eigenvalue weighted by molar-refractivity contribution is 7.89. The van der Waals surface area contributed by atoms with Crippen molar-refractivity contribution in [1.29, 1.82) is 0 Å². The number of fused-ring (bicyclic) bond motifs is 2. The van der Waals surface area contributed by atoms with E-state index in [0.29, 0.717) is 36.3 Å². The van der Waals surface area contributed by atoms with Gasteiger partial charge >= 0.3 is 6.09 Å². The molecule has 1 fully saturated rings. The van der Waals surface area contributed by atoms with Crippen molar-refractivity contribution in [2.75, 3.05) is 31.5 Å². The van der Waals surface area contributed by atoms with Crippen LogP contribution in [0, 0.1) is 13.8 Å². The summed E-state index contributed by atoms with van der Waals surface area (Å²) < 4.78 is 42.3. The largest absolute Gasteiger partial charge is 0.456 e. The van der Waals surface area contributed by atoms with Gasteiger partial charge in [-0.1, -0.05) is 43.0 Å². The lowest BCUT2D eigenvalue weighted by Crippen LogP contribution is -2.42. The van der Waals surface area contributed by atoms with Crippen LogP contribution < -0.4 is 16.0 Å². The Hall–Kier alpha value is -5.26. The number of allylic oxidation sites excluding steroid dienone is 1. The average molecular weight is 707 g/mol. The normalized spacial score (nSPS) is 14.5. The van der Waals surface area contributed by atoms with E-state index in [1.54, 1.807) is 12.1 Å². The number of alkyl carbamates (subject to hydrolysis) is 1. The van der Waals surface area contributed by atoms with Crippen molar-refractivity contribution in [2.45, 2.75) is 51.0 Å². The number of ketones is 1. The van der Waals surface area contributed by atoms with E-state index in [0.717, 1.165) is 44.4 Å². The van der Waals surface area contributed by atoms with E-state index in [9.17, 15) is 18.0 Å². The Labute approximate surface area is 298 Å². The highest BCUT2D eigenvalue weighted by Crippen LogP contribution is 2.43. The van der Waals surface area contributed by atoms with Crippen LogP contribution in [0.25, 0.3) is 33.4 Å². The van der Waals surface area contributed by atoms with Crippen LogP contribution in [0.2, 0.25) is 0 Å². The Morgan fingerprint density at radius 1 is 0.980 bits per heavy atom. The molecule has 11 heteroatoms. The maximum atomic E-state index is 14.4. The molecular formula is C40H42N4O6S. The third-order valence-electron chi connectivity index (χ3n) is 9.11. The fourth-order valence-corrected chi connectivity index (χ4v) is 8.16. The number of amides is 1. The summed E-state index contributed by atoms with van der Waals surface area (Å²) in [6.45, 7) is 10.6.